The van der Waals surface area contributed by atoms with Crippen LogP contribution in [-0.4, -0.2) is 13.6 Å². The van der Waals surface area contributed by atoms with Gasteiger partial charge in [-0.1, -0.05) is 24.6 Å². The summed E-state index contributed by atoms with van der Waals surface area (Å²) >= 11 is 6.33. The van der Waals surface area contributed by atoms with Gasteiger partial charge in [0.25, 0.3) is 0 Å². The number of furan rings is 1. The Morgan fingerprint density at radius 3 is 2.65 bits per heavy atom. The number of rotatable bonds is 6. The number of nitrogens with zero attached hydrogens (tertiary/aromatic N) is 1. The number of benzene rings is 1. The first-order valence-corrected chi connectivity index (χ1v) is 7.23. The minimum absolute atomic E-state index is 0.733. The van der Waals surface area contributed by atoms with Crippen molar-refractivity contribution in [2.24, 2.45) is 0 Å². The maximum Gasteiger partial charge on any atom is 0.123 e. The van der Waals surface area contributed by atoms with E-state index in [-0.39, 0.29) is 0 Å². The first kappa shape index (κ1) is 14.9. The Kier molecular flexibility index (Phi) is 5.10. The molecule has 4 heteroatoms. The summed E-state index contributed by atoms with van der Waals surface area (Å²) in [6.45, 7) is 6.51. The minimum atomic E-state index is 0.733. The second-order valence-corrected chi connectivity index (χ2v) is 5.33. The lowest BCUT2D eigenvalue weighted by atomic mass is 10.2. The second-order valence-electron chi connectivity index (χ2n) is 4.92. The van der Waals surface area contributed by atoms with Crippen molar-refractivity contribution in [1.29, 1.82) is 0 Å². The molecular weight excluding hydrogens is 272 g/mol. The quantitative estimate of drug-likeness (QED) is 0.873. The number of aryl methyl sites for hydroxylation is 1. The maximum atomic E-state index is 6.33. The van der Waals surface area contributed by atoms with Crippen molar-refractivity contribution in [1.82, 2.24) is 5.32 Å². The Morgan fingerprint density at radius 2 is 2.05 bits per heavy atom. The first-order chi connectivity index (χ1) is 9.60. The highest BCUT2D eigenvalue weighted by Gasteiger charge is 2.08. The molecule has 0 saturated heterocycles. The van der Waals surface area contributed by atoms with E-state index in [0.717, 1.165) is 47.4 Å². The van der Waals surface area contributed by atoms with Gasteiger partial charge in [-0.3, -0.25) is 0 Å². The largest absolute Gasteiger partial charge is 0.464 e. The van der Waals surface area contributed by atoms with Crippen LogP contribution in [0.4, 0.5) is 5.69 Å². The Balaban J connectivity index is 2.06. The van der Waals surface area contributed by atoms with E-state index >= 15 is 0 Å². The lowest BCUT2D eigenvalue weighted by Gasteiger charge is -2.19. The summed E-state index contributed by atoms with van der Waals surface area (Å²) in [5.41, 5.74) is 2.21. The van der Waals surface area contributed by atoms with E-state index in [1.165, 1.54) is 0 Å². The molecule has 0 atom stereocenters. The molecule has 108 valence electrons. The van der Waals surface area contributed by atoms with Crippen LogP contribution in [-0.2, 0) is 13.1 Å². The van der Waals surface area contributed by atoms with Crippen LogP contribution in [0, 0.1) is 6.92 Å². The highest BCUT2D eigenvalue weighted by molar-refractivity contribution is 6.31. The van der Waals surface area contributed by atoms with E-state index in [2.05, 4.69) is 29.3 Å². The highest BCUT2D eigenvalue weighted by Crippen LogP contribution is 2.24. The van der Waals surface area contributed by atoms with Crippen molar-refractivity contribution >= 4 is 17.3 Å². The third-order valence-electron chi connectivity index (χ3n) is 3.23. The lowest BCUT2D eigenvalue weighted by molar-refractivity contribution is 0.482. The van der Waals surface area contributed by atoms with Gasteiger partial charge in [0, 0.05) is 24.3 Å². The zero-order valence-corrected chi connectivity index (χ0v) is 13.0. The molecule has 0 fully saturated rings. The van der Waals surface area contributed by atoms with Gasteiger partial charge in [-0.05, 0) is 43.3 Å². The van der Waals surface area contributed by atoms with E-state index in [4.69, 9.17) is 16.0 Å². The summed E-state index contributed by atoms with van der Waals surface area (Å²) in [4.78, 5) is 2.13. The Bertz CT molecular complexity index is 565. The standard InChI is InChI=1S/C16H21ClN2O/c1-4-18-10-13-6-7-14(9-16(13)17)19(3)11-15-8-5-12(2)20-15/h5-9,18H,4,10-11H2,1-3H3. The number of hydrogen-bond donors (Lipinski definition) is 1. The maximum absolute atomic E-state index is 6.33. The van der Waals surface area contributed by atoms with Crippen molar-refractivity contribution in [2.45, 2.75) is 26.9 Å². The Labute approximate surface area is 125 Å². The number of nitrogens with one attached hydrogen (secondary N) is 1. The monoisotopic (exact) mass is 292 g/mol. The number of anilines is 1. The molecule has 20 heavy (non-hydrogen) atoms. The Morgan fingerprint density at radius 1 is 1.25 bits per heavy atom. The van der Waals surface area contributed by atoms with Crippen LogP contribution in [0.1, 0.15) is 24.0 Å². The molecule has 0 aliphatic carbocycles. The van der Waals surface area contributed by atoms with Crippen LogP contribution in [0.5, 0.6) is 0 Å². The summed E-state index contributed by atoms with van der Waals surface area (Å²) in [6.07, 6.45) is 0. The molecule has 3 nitrogen and oxygen atoms in total. The molecule has 1 heterocycles. The van der Waals surface area contributed by atoms with Gasteiger partial charge in [-0.25, -0.2) is 0 Å². The number of halogens is 1. The third-order valence-corrected chi connectivity index (χ3v) is 3.58. The highest BCUT2D eigenvalue weighted by atomic mass is 35.5. The van der Waals surface area contributed by atoms with E-state index < -0.39 is 0 Å². The van der Waals surface area contributed by atoms with E-state index in [9.17, 15) is 0 Å². The molecule has 2 rings (SSSR count). The summed E-state index contributed by atoms with van der Waals surface area (Å²) in [5, 5.41) is 4.08. The molecule has 1 aromatic carbocycles. The van der Waals surface area contributed by atoms with Crippen molar-refractivity contribution < 1.29 is 4.42 Å². The molecule has 1 aromatic heterocycles. The van der Waals surface area contributed by atoms with Crippen LogP contribution < -0.4 is 10.2 Å². The molecular formula is C16H21ClN2O. The van der Waals surface area contributed by atoms with Gasteiger partial charge in [-0.15, -0.1) is 0 Å². The van der Waals surface area contributed by atoms with Crippen molar-refractivity contribution in [2.75, 3.05) is 18.5 Å². The molecule has 1 N–H and O–H groups in total. The smallest absolute Gasteiger partial charge is 0.123 e. The van der Waals surface area contributed by atoms with Gasteiger partial charge in [0.1, 0.15) is 11.5 Å². The topological polar surface area (TPSA) is 28.4 Å². The molecule has 0 aliphatic rings. The van der Waals surface area contributed by atoms with Crippen LogP contribution >= 0.6 is 11.6 Å². The predicted molar refractivity (Wildman–Crippen MR) is 84.4 cm³/mol. The van der Waals surface area contributed by atoms with Gasteiger partial charge in [0.15, 0.2) is 0 Å². The second kappa shape index (κ2) is 6.82. The van der Waals surface area contributed by atoms with Gasteiger partial charge >= 0.3 is 0 Å². The average molecular weight is 293 g/mol. The van der Waals surface area contributed by atoms with Crippen LogP contribution in [0.2, 0.25) is 5.02 Å². The fraction of sp³-hybridized carbons (Fsp3) is 0.375. The normalized spacial score (nSPS) is 10.8. The molecule has 0 bridgehead atoms. The lowest BCUT2D eigenvalue weighted by Crippen LogP contribution is -2.16. The summed E-state index contributed by atoms with van der Waals surface area (Å²) in [6, 6.07) is 10.2. The molecule has 0 radical (unpaired) electrons. The summed E-state index contributed by atoms with van der Waals surface area (Å²) in [7, 11) is 2.04. The van der Waals surface area contributed by atoms with Crippen molar-refractivity contribution in [3.05, 3.63) is 52.4 Å². The summed E-state index contributed by atoms with van der Waals surface area (Å²) in [5.74, 6) is 1.89. The van der Waals surface area contributed by atoms with Gasteiger partial charge in [0.05, 0.1) is 6.54 Å². The molecule has 2 aromatic rings. The zero-order chi connectivity index (χ0) is 14.5. The molecule has 0 amide bonds. The number of hydrogen-bond acceptors (Lipinski definition) is 3. The fourth-order valence-corrected chi connectivity index (χ4v) is 2.31. The van der Waals surface area contributed by atoms with E-state index in [1.807, 2.05) is 32.2 Å². The third kappa shape index (κ3) is 3.78. The molecule has 0 spiro atoms. The van der Waals surface area contributed by atoms with E-state index in [0.29, 0.717) is 0 Å². The van der Waals surface area contributed by atoms with E-state index in [1.54, 1.807) is 0 Å². The predicted octanol–water partition coefficient (Wildman–Crippen LogP) is 3.99. The minimum Gasteiger partial charge on any atom is -0.464 e. The summed E-state index contributed by atoms with van der Waals surface area (Å²) < 4.78 is 5.60. The molecule has 0 saturated carbocycles. The zero-order valence-electron chi connectivity index (χ0n) is 12.2. The van der Waals surface area contributed by atoms with Crippen molar-refractivity contribution in [3.63, 3.8) is 0 Å². The van der Waals surface area contributed by atoms with Crippen LogP contribution in [0.3, 0.4) is 0 Å². The van der Waals surface area contributed by atoms with Crippen LogP contribution in [0.25, 0.3) is 0 Å². The first-order valence-electron chi connectivity index (χ1n) is 6.85. The van der Waals surface area contributed by atoms with Gasteiger partial charge in [-0.2, -0.15) is 0 Å². The fourth-order valence-electron chi connectivity index (χ4n) is 2.07. The van der Waals surface area contributed by atoms with Crippen LogP contribution in [0.15, 0.2) is 34.7 Å². The van der Waals surface area contributed by atoms with Gasteiger partial charge < -0.3 is 14.6 Å². The molecule has 0 unspecified atom stereocenters. The van der Waals surface area contributed by atoms with Crippen molar-refractivity contribution in [3.8, 4) is 0 Å². The van der Waals surface area contributed by atoms with Gasteiger partial charge in [0.2, 0.25) is 0 Å². The average Bonchev–Trinajstić information content (AvgIpc) is 2.82. The molecule has 0 aliphatic heterocycles. The Hall–Kier alpha value is -1.45. The SMILES string of the molecule is CCNCc1ccc(N(C)Cc2ccc(C)o2)cc1Cl.